The number of aromatic nitrogens is 1. The standard InChI is InChI=1S/C24H26F2N6O4S/c1-13(33)31-8-6-24(7-9-31)29(2)23(36)19-21(35)20(34)16(12-32(19)30(24)3)22(28)37-18(27)10-14-4-5-15(25)11-17(14)26/h4-5,11-12,27-28,35H,6-10H2,1-3H3. The molecule has 1 aromatic heterocycles. The number of halogens is 2. The van der Waals surface area contributed by atoms with Crippen molar-refractivity contribution in [2.24, 2.45) is 0 Å². The summed E-state index contributed by atoms with van der Waals surface area (Å²) in [6.07, 6.45) is 1.90. The maximum absolute atomic E-state index is 14.0. The van der Waals surface area contributed by atoms with E-state index in [2.05, 4.69) is 0 Å². The largest absolute Gasteiger partial charge is 0.502 e. The van der Waals surface area contributed by atoms with Gasteiger partial charge in [-0.3, -0.25) is 34.9 Å². The summed E-state index contributed by atoms with van der Waals surface area (Å²) in [5.74, 6) is -3.04. The Bertz CT molecular complexity index is 1390. The van der Waals surface area contributed by atoms with Crippen molar-refractivity contribution in [3.63, 3.8) is 0 Å². The van der Waals surface area contributed by atoms with Crippen LogP contribution in [0.15, 0.2) is 29.2 Å². The number of likely N-dealkylation sites (tertiary alicyclic amines) is 1. The molecule has 1 aromatic carbocycles. The van der Waals surface area contributed by atoms with Gasteiger partial charge in [-0.15, -0.1) is 0 Å². The van der Waals surface area contributed by atoms with Gasteiger partial charge in [-0.25, -0.2) is 8.78 Å². The summed E-state index contributed by atoms with van der Waals surface area (Å²) >= 11 is 0.591. The number of nitrogens with one attached hydrogen (secondary N) is 2. The van der Waals surface area contributed by atoms with Gasteiger partial charge in [-0.2, -0.15) is 0 Å². The van der Waals surface area contributed by atoms with Crippen LogP contribution in [-0.2, 0) is 11.2 Å². The van der Waals surface area contributed by atoms with Gasteiger partial charge in [0.25, 0.3) is 5.91 Å². The molecular weight excluding hydrogens is 506 g/mol. The highest BCUT2D eigenvalue weighted by molar-refractivity contribution is 8.26. The Morgan fingerprint density at radius 1 is 1.16 bits per heavy atom. The summed E-state index contributed by atoms with van der Waals surface area (Å²) in [5.41, 5.74) is -2.21. The number of carbonyl (C=O) groups is 2. The number of carbonyl (C=O) groups excluding carboxylic acids is 2. The van der Waals surface area contributed by atoms with Crippen LogP contribution in [0.25, 0.3) is 0 Å². The van der Waals surface area contributed by atoms with Crippen molar-refractivity contribution in [3.8, 4) is 5.75 Å². The lowest BCUT2D eigenvalue weighted by Crippen LogP contribution is -2.71. The van der Waals surface area contributed by atoms with Crippen LogP contribution in [-0.4, -0.2) is 74.3 Å². The number of hydrogen-bond donors (Lipinski definition) is 3. The van der Waals surface area contributed by atoms with Gasteiger partial charge in [0, 0.05) is 65.6 Å². The number of rotatable bonds is 3. The van der Waals surface area contributed by atoms with Gasteiger partial charge in [-0.1, -0.05) is 17.8 Å². The molecule has 196 valence electrons. The smallest absolute Gasteiger partial charge is 0.278 e. The summed E-state index contributed by atoms with van der Waals surface area (Å²) in [6, 6.07) is 2.97. The second-order valence-corrected chi connectivity index (χ2v) is 10.2. The molecule has 37 heavy (non-hydrogen) atoms. The van der Waals surface area contributed by atoms with Gasteiger partial charge in [0.15, 0.2) is 11.4 Å². The Balaban J connectivity index is 1.64. The fourth-order valence-electron chi connectivity index (χ4n) is 4.84. The van der Waals surface area contributed by atoms with Crippen molar-refractivity contribution in [1.29, 1.82) is 10.8 Å². The van der Waals surface area contributed by atoms with Gasteiger partial charge in [0.2, 0.25) is 11.3 Å². The van der Waals surface area contributed by atoms with E-state index in [0.717, 1.165) is 6.07 Å². The molecule has 0 bridgehead atoms. The van der Waals surface area contributed by atoms with Crippen LogP contribution in [0.3, 0.4) is 0 Å². The van der Waals surface area contributed by atoms with E-state index in [9.17, 15) is 28.3 Å². The third-order valence-electron chi connectivity index (χ3n) is 7.07. The van der Waals surface area contributed by atoms with E-state index in [-0.39, 0.29) is 39.2 Å². The first-order valence-electron chi connectivity index (χ1n) is 11.4. The second-order valence-electron chi connectivity index (χ2n) is 9.06. The van der Waals surface area contributed by atoms with Crippen LogP contribution in [0.5, 0.6) is 5.75 Å². The summed E-state index contributed by atoms with van der Waals surface area (Å²) in [4.78, 5) is 41.2. The van der Waals surface area contributed by atoms with Crippen molar-refractivity contribution in [2.45, 2.75) is 31.8 Å². The number of benzene rings is 1. The predicted molar refractivity (Wildman–Crippen MR) is 135 cm³/mol. The predicted octanol–water partition coefficient (Wildman–Crippen LogP) is 2.10. The van der Waals surface area contributed by atoms with E-state index >= 15 is 0 Å². The Morgan fingerprint density at radius 2 is 1.81 bits per heavy atom. The van der Waals surface area contributed by atoms with Crippen LogP contribution in [0.4, 0.5) is 8.78 Å². The molecule has 10 nitrogen and oxygen atoms in total. The number of aromatic hydroxyl groups is 1. The van der Waals surface area contributed by atoms with Gasteiger partial charge < -0.3 is 14.9 Å². The number of fused-ring (bicyclic) bond motifs is 1. The molecule has 2 amide bonds. The molecule has 4 rings (SSSR count). The van der Waals surface area contributed by atoms with Crippen molar-refractivity contribution in [3.05, 3.63) is 63.1 Å². The third kappa shape index (κ3) is 4.47. The Kier molecular flexibility index (Phi) is 6.84. The van der Waals surface area contributed by atoms with Crippen molar-refractivity contribution in [2.75, 3.05) is 32.2 Å². The number of thioether (sulfide) groups is 1. The first-order valence-corrected chi connectivity index (χ1v) is 12.2. The van der Waals surface area contributed by atoms with Gasteiger partial charge in [0.1, 0.15) is 22.3 Å². The number of piperidine rings is 1. The summed E-state index contributed by atoms with van der Waals surface area (Å²) in [6.45, 7) is 2.30. The molecule has 0 radical (unpaired) electrons. The number of amides is 2. The lowest BCUT2D eigenvalue weighted by molar-refractivity contribution is -0.131. The van der Waals surface area contributed by atoms with Gasteiger partial charge >= 0.3 is 0 Å². The average Bonchev–Trinajstić information content (AvgIpc) is 2.85. The topological polar surface area (TPSA) is 134 Å². The van der Waals surface area contributed by atoms with E-state index in [1.165, 1.54) is 28.8 Å². The quantitative estimate of drug-likeness (QED) is 0.410. The Hall–Kier alpha value is -3.74. The highest BCUT2D eigenvalue weighted by atomic mass is 32.2. The van der Waals surface area contributed by atoms with Crippen LogP contribution in [0.1, 0.15) is 41.4 Å². The molecule has 0 saturated carbocycles. The molecule has 0 unspecified atom stereocenters. The van der Waals surface area contributed by atoms with E-state index in [4.69, 9.17) is 10.8 Å². The zero-order valence-electron chi connectivity index (χ0n) is 20.5. The molecule has 1 spiro atoms. The molecule has 2 aliphatic heterocycles. The zero-order chi connectivity index (χ0) is 27.2. The molecular formula is C24H26F2N6O4S. The highest BCUT2D eigenvalue weighted by Crippen LogP contribution is 2.36. The molecule has 0 atom stereocenters. The maximum atomic E-state index is 14.0. The lowest BCUT2D eigenvalue weighted by atomic mass is 9.92. The molecule has 3 heterocycles. The Morgan fingerprint density at radius 3 is 2.41 bits per heavy atom. The molecule has 0 aliphatic carbocycles. The molecule has 1 saturated heterocycles. The SMILES string of the molecule is CC(=O)N1CCC2(CC1)N(C)C(=O)c1c(O)c(=O)c(C(=N)SC(=N)Cc3ccc(F)cc3F)cn1N2C. The Labute approximate surface area is 215 Å². The maximum Gasteiger partial charge on any atom is 0.278 e. The van der Waals surface area contributed by atoms with Gasteiger partial charge in [-0.05, 0) is 11.6 Å². The lowest BCUT2D eigenvalue weighted by Gasteiger charge is -2.56. The first kappa shape index (κ1) is 26.3. The van der Waals surface area contributed by atoms with Crippen molar-refractivity contribution >= 4 is 33.7 Å². The van der Waals surface area contributed by atoms with Crippen LogP contribution < -0.4 is 10.4 Å². The first-order chi connectivity index (χ1) is 17.4. The van der Waals surface area contributed by atoms with Gasteiger partial charge in [0.05, 0.1) is 10.6 Å². The van der Waals surface area contributed by atoms with E-state index in [1.54, 1.807) is 24.0 Å². The summed E-state index contributed by atoms with van der Waals surface area (Å²) in [5, 5.41) is 28.5. The van der Waals surface area contributed by atoms with E-state index in [1.807, 2.05) is 0 Å². The fraction of sp³-hybridized carbons (Fsp3) is 0.375. The number of nitrogens with zero attached hydrogens (tertiary/aromatic N) is 4. The minimum absolute atomic E-state index is 0.0592. The van der Waals surface area contributed by atoms with Crippen LogP contribution in [0, 0.1) is 22.5 Å². The normalized spacial score (nSPS) is 16.7. The molecule has 2 aliphatic rings. The summed E-state index contributed by atoms with van der Waals surface area (Å²) < 4.78 is 28.5. The second kappa shape index (κ2) is 9.61. The molecule has 2 aromatic rings. The number of hydrogen-bond acceptors (Lipinski definition) is 8. The third-order valence-corrected chi connectivity index (χ3v) is 7.88. The highest BCUT2D eigenvalue weighted by Gasteiger charge is 2.50. The van der Waals surface area contributed by atoms with Crippen LogP contribution in [0.2, 0.25) is 0 Å². The monoisotopic (exact) mass is 532 g/mol. The zero-order valence-corrected chi connectivity index (χ0v) is 21.3. The van der Waals surface area contributed by atoms with Crippen molar-refractivity contribution < 1.29 is 23.5 Å². The molecule has 13 heteroatoms. The van der Waals surface area contributed by atoms with E-state index < -0.39 is 34.4 Å². The molecule has 1 fully saturated rings. The minimum Gasteiger partial charge on any atom is -0.502 e. The minimum atomic E-state index is -0.943. The number of pyridine rings is 1. The fourth-order valence-corrected chi connectivity index (χ4v) is 5.57. The van der Waals surface area contributed by atoms with E-state index in [0.29, 0.717) is 43.8 Å². The van der Waals surface area contributed by atoms with Crippen LogP contribution >= 0.6 is 11.8 Å². The van der Waals surface area contributed by atoms with Crippen molar-refractivity contribution in [1.82, 2.24) is 14.5 Å². The molecule has 3 N–H and O–H groups in total. The summed E-state index contributed by atoms with van der Waals surface area (Å²) in [7, 11) is 3.27. The average molecular weight is 533 g/mol.